The van der Waals surface area contributed by atoms with Gasteiger partial charge in [0.2, 0.25) is 12.1 Å². The van der Waals surface area contributed by atoms with Crippen molar-refractivity contribution >= 4 is 69.3 Å². The lowest BCUT2D eigenvalue weighted by Crippen LogP contribution is -2.31. The van der Waals surface area contributed by atoms with E-state index in [1.54, 1.807) is 72.8 Å². The van der Waals surface area contributed by atoms with Crippen molar-refractivity contribution in [2.24, 2.45) is 20.5 Å². The van der Waals surface area contributed by atoms with Crippen LogP contribution in [0.15, 0.2) is 118 Å². The number of amides is 2. The molecule has 4 rings (SSSR count). The molecule has 0 radical (unpaired) electrons. The van der Waals surface area contributed by atoms with Gasteiger partial charge in [-0.25, -0.2) is 0 Å². The van der Waals surface area contributed by atoms with E-state index in [-0.39, 0.29) is 0 Å². The Labute approximate surface area is 263 Å². The highest BCUT2D eigenvalue weighted by Crippen LogP contribution is 2.26. The molecular formula is C32H26Cl2N6O4. The molecule has 12 heteroatoms. The maximum atomic E-state index is 12.6. The number of benzene rings is 4. The smallest absolute Gasteiger partial charge is 0.258 e. The highest BCUT2D eigenvalue weighted by molar-refractivity contribution is 6.31. The lowest BCUT2D eigenvalue weighted by atomic mass is 10.1. The lowest BCUT2D eigenvalue weighted by molar-refractivity contribution is -0.127. The molecule has 4 aromatic carbocycles. The Morgan fingerprint density at radius 1 is 0.523 bits per heavy atom. The van der Waals surface area contributed by atoms with E-state index < -0.39 is 35.5 Å². The Kier molecular flexibility index (Phi) is 10.8. The summed E-state index contributed by atoms with van der Waals surface area (Å²) in [6, 6.07) is 24.4. The van der Waals surface area contributed by atoms with Crippen molar-refractivity contribution in [1.82, 2.24) is 0 Å². The highest BCUT2D eigenvalue weighted by atomic mass is 35.5. The number of azo groups is 2. The van der Waals surface area contributed by atoms with Crippen molar-refractivity contribution < 1.29 is 19.2 Å². The first kappa shape index (κ1) is 31.9. The standard InChI is InChI=1S/C32H26Cl2N6O4/c1-19(41)29(31(43)35-25-15-7-23(33)8-16-25)39-37-27-11-3-21(4-12-27)22-5-13-28(14-6-22)38-40-30(20(2)42)32(44)36-26-17-9-24(34)10-18-26/h3-18,29-30H,1-2H3,(H,35,43)(H,36,44). The number of nitrogens with one attached hydrogen (secondary N) is 2. The molecule has 0 bridgehead atoms. The van der Waals surface area contributed by atoms with Crippen molar-refractivity contribution in [3.63, 3.8) is 0 Å². The van der Waals surface area contributed by atoms with E-state index in [1.807, 2.05) is 24.3 Å². The molecular weight excluding hydrogens is 603 g/mol. The van der Waals surface area contributed by atoms with E-state index >= 15 is 0 Å². The Bertz CT molecular complexity index is 1580. The Balaban J connectivity index is 1.38. The van der Waals surface area contributed by atoms with Gasteiger partial charge in [0.05, 0.1) is 11.4 Å². The quantitative estimate of drug-likeness (QED) is 0.128. The predicted octanol–water partition coefficient (Wildman–Crippen LogP) is 8.02. The second-order valence-corrected chi connectivity index (χ2v) is 10.4. The van der Waals surface area contributed by atoms with Crippen LogP contribution >= 0.6 is 23.2 Å². The molecule has 0 aliphatic heterocycles. The van der Waals surface area contributed by atoms with Crippen molar-refractivity contribution in [2.45, 2.75) is 25.9 Å². The Hall–Kier alpha value is -5.06. The minimum atomic E-state index is -1.31. The van der Waals surface area contributed by atoms with Gasteiger partial charge in [-0.3, -0.25) is 19.2 Å². The van der Waals surface area contributed by atoms with E-state index in [9.17, 15) is 19.2 Å². The number of nitrogens with zero attached hydrogens (tertiary/aromatic N) is 4. The zero-order chi connectivity index (χ0) is 31.6. The molecule has 0 aromatic heterocycles. The second-order valence-electron chi connectivity index (χ2n) is 9.54. The minimum absolute atomic E-state index is 0.453. The molecule has 2 unspecified atom stereocenters. The molecule has 0 saturated carbocycles. The molecule has 0 aliphatic carbocycles. The van der Waals surface area contributed by atoms with Gasteiger partial charge in [0.1, 0.15) is 0 Å². The average Bonchev–Trinajstić information content (AvgIpc) is 3.00. The molecule has 0 heterocycles. The fourth-order valence-corrected chi connectivity index (χ4v) is 4.07. The number of Topliss-reactive ketones (excluding diaryl/α,β-unsaturated/α-hetero) is 2. The molecule has 222 valence electrons. The van der Waals surface area contributed by atoms with Crippen LogP contribution in [-0.4, -0.2) is 35.5 Å². The van der Waals surface area contributed by atoms with Crippen LogP contribution in [0, 0.1) is 0 Å². The highest BCUT2D eigenvalue weighted by Gasteiger charge is 2.24. The minimum Gasteiger partial charge on any atom is -0.324 e. The number of carbonyl (C=O) groups excluding carboxylic acids is 4. The monoisotopic (exact) mass is 628 g/mol. The van der Waals surface area contributed by atoms with E-state index in [0.29, 0.717) is 32.8 Å². The largest absolute Gasteiger partial charge is 0.324 e. The molecule has 2 N–H and O–H groups in total. The van der Waals surface area contributed by atoms with Crippen LogP contribution < -0.4 is 10.6 Å². The van der Waals surface area contributed by atoms with Gasteiger partial charge in [0.15, 0.2) is 11.6 Å². The number of carbonyl (C=O) groups is 4. The fourth-order valence-electron chi connectivity index (χ4n) is 3.81. The normalized spacial score (nSPS) is 12.5. The maximum absolute atomic E-state index is 12.6. The Morgan fingerprint density at radius 3 is 1.14 bits per heavy atom. The molecule has 2 atom stereocenters. The topological polar surface area (TPSA) is 142 Å². The van der Waals surface area contributed by atoms with Crippen LogP contribution in [0.25, 0.3) is 11.1 Å². The van der Waals surface area contributed by atoms with E-state index in [1.165, 1.54) is 13.8 Å². The number of hydrogen-bond donors (Lipinski definition) is 2. The first-order chi connectivity index (χ1) is 21.1. The van der Waals surface area contributed by atoms with Gasteiger partial charge in [0.25, 0.3) is 11.8 Å². The van der Waals surface area contributed by atoms with Crippen LogP contribution in [0.3, 0.4) is 0 Å². The van der Waals surface area contributed by atoms with Gasteiger partial charge in [-0.15, -0.1) is 0 Å². The molecule has 44 heavy (non-hydrogen) atoms. The van der Waals surface area contributed by atoms with E-state index in [2.05, 4.69) is 31.1 Å². The predicted molar refractivity (Wildman–Crippen MR) is 170 cm³/mol. The van der Waals surface area contributed by atoms with Crippen LogP contribution in [0.1, 0.15) is 13.8 Å². The average molecular weight is 630 g/mol. The van der Waals surface area contributed by atoms with Gasteiger partial charge in [0, 0.05) is 21.4 Å². The van der Waals surface area contributed by atoms with Crippen LogP contribution in [0.2, 0.25) is 10.0 Å². The molecule has 4 aromatic rings. The van der Waals surface area contributed by atoms with Gasteiger partial charge in [-0.2, -0.15) is 20.5 Å². The summed E-state index contributed by atoms with van der Waals surface area (Å²) in [7, 11) is 0. The summed E-state index contributed by atoms with van der Waals surface area (Å²) in [5.41, 5.74) is 3.60. The second kappa shape index (κ2) is 14.9. The zero-order valence-corrected chi connectivity index (χ0v) is 25.1. The van der Waals surface area contributed by atoms with Crippen molar-refractivity contribution in [1.29, 1.82) is 0 Å². The summed E-state index contributed by atoms with van der Waals surface area (Å²) in [5, 5.41) is 22.4. The SMILES string of the molecule is CC(=O)C(N=Nc1ccc(-c2ccc(N=NC(C(C)=O)C(=O)Nc3ccc(Cl)cc3)cc2)cc1)C(=O)Nc1ccc(Cl)cc1. The summed E-state index contributed by atoms with van der Waals surface area (Å²) >= 11 is 11.7. The summed E-state index contributed by atoms with van der Waals surface area (Å²) in [6.07, 6.45) is 0. The van der Waals surface area contributed by atoms with Crippen molar-refractivity contribution in [2.75, 3.05) is 10.6 Å². The zero-order valence-electron chi connectivity index (χ0n) is 23.6. The maximum Gasteiger partial charge on any atom is 0.258 e. The molecule has 0 fully saturated rings. The lowest BCUT2D eigenvalue weighted by Gasteiger charge is -2.09. The summed E-state index contributed by atoms with van der Waals surface area (Å²) in [5.74, 6) is -2.11. The summed E-state index contributed by atoms with van der Waals surface area (Å²) in [6.45, 7) is 2.54. The number of hydrogen-bond acceptors (Lipinski definition) is 8. The third-order valence-electron chi connectivity index (χ3n) is 6.14. The van der Waals surface area contributed by atoms with Gasteiger partial charge < -0.3 is 10.6 Å². The third-order valence-corrected chi connectivity index (χ3v) is 6.64. The molecule has 2 amide bonds. The number of ketones is 2. The summed E-state index contributed by atoms with van der Waals surface area (Å²) in [4.78, 5) is 49.3. The van der Waals surface area contributed by atoms with Crippen LogP contribution in [-0.2, 0) is 19.2 Å². The third kappa shape index (κ3) is 8.97. The number of anilines is 2. The van der Waals surface area contributed by atoms with Crippen molar-refractivity contribution in [3.8, 4) is 11.1 Å². The van der Waals surface area contributed by atoms with Gasteiger partial charge in [-0.05, 0) is 97.8 Å². The van der Waals surface area contributed by atoms with Crippen LogP contribution in [0.4, 0.5) is 22.7 Å². The Morgan fingerprint density at radius 2 is 0.841 bits per heavy atom. The van der Waals surface area contributed by atoms with E-state index in [0.717, 1.165) is 11.1 Å². The summed E-state index contributed by atoms with van der Waals surface area (Å²) < 4.78 is 0. The molecule has 0 spiro atoms. The first-order valence-corrected chi connectivity index (χ1v) is 14.0. The van der Waals surface area contributed by atoms with Crippen LogP contribution in [0.5, 0.6) is 0 Å². The van der Waals surface area contributed by atoms with Gasteiger partial charge in [-0.1, -0.05) is 47.5 Å². The fraction of sp³-hybridized carbons (Fsp3) is 0.125. The first-order valence-electron chi connectivity index (χ1n) is 13.2. The molecule has 0 saturated heterocycles. The number of halogens is 2. The van der Waals surface area contributed by atoms with Crippen molar-refractivity contribution in [3.05, 3.63) is 107 Å². The number of rotatable bonds is 11. The van der Waals surface area contributed by atoms with Gasteiger partial charge >= 0.3 is 0 Å². The molecule has 0 aliphatic rings. The van der Waals surface area contributed by atoms with E-state index in [4.69, 9.17) is 23.2 Å². The molecule has 10 nitrogen and oxygen atoms in total.